The van der Waals surface area contributed by atoms with Gasteiger partial charge < -0.3 is 23.3 Å². The van der Waals surface area contributed by atoms with E-state index in [0.717, 1.165) is 22.3 Å². The average Bonchev–Trinajstić information content (AvgIpc) is 3.07. The van der Waals surface area contributed by atoms with Gasteiger partial charge in [0.15, 0.2) is 5.70 Å². The first-order chi connectivity index (χ1) is 13.1. The smallest absolute Gasteiger partial charge is 0.399 e. The summed E-state index contributed by atoms with van der Waals surface area (Å²) < 4.78 is 33.3. The fraction of sp³-hybridized carbons (Fsp3) is 0.250. The zero-order chi connectivity index (χ0) is 20.8. The molecule has 0 amide bonds. The van der Waals surface area contributed by atoms with Crippen LogP contribution in [0.5, 0.6) is 0 Å². The summed E-state index contributed by atoms with van der Waals surface area (Å²) in [5.74, 6) is 0. The summed E-state index contributed by atoms with van der Waals surface area (Å²) in [6.07, 6.45) is 1.83. The molecular weight excluding hydrogens is 402 g/mol. The maximum absolute atomic E-state index is 15.4. The van der Waals surface area contributed by atoms with E-state index in [1.54, 1.807) is 13.8 Å². The fourth-order valence-electron chi connectivity index (χ4n) is 4.22. The second-order valence-electron chi connectivity index (χ2n) is 7.06. The first-order valence-corrected chi connectivity index (χ1v) is 9.97. The largest absolute Gasteiger partial charge is 0.737 e. The van der Waals surface area contributed by atoms with E-state index in [9.17, 15) is 0 Å². The van der Waals surface area contributed by atoms with Crippen molar-refractivity contribution in [3.63, 3.8) is 0 Å². The molecule has 28 heavy (non-hydrogen) atoms. The summed E-state index contributed by atoms with van der Waals surface area (Å²) in [5.41, 5.74) is 12.3. The van der Waals surface area contributed by atoms with Gasteiger partial charge in [-0.05, 0) is 55.8 Å². The number of anilines is 1. The highest BCUT2D eigenvalue weighted by molar-refractivity contribution is 6.58. The number of aromatic nitrogens is 1. The van der Waals surface area contributed by atoms with Crippen molar-refractivity contribution in [2.75, 3.05) is 11.1 Å². The second-order valence-corrected chi connectivity index (χ2v) is 7.87. The van der Waals surface area contributed by atoms with Gasteiger partial charge in [-0.3, -0.25) is 0 Å². The van der Waals surface area contributed by atoms with Gasteiger partial charge in [0, 0.05) is 30.0 Å². The Balaban J connectivity index is 0.000000706. The molecule has 3 nitrogen and oxygen atoms in total. The van der Waals surface area contributed by atoms with Crippen LogP contribution in [0.2, 0.25) is 0 Å². The Morgan fingerprint density at radius 1 is 1.07 bits per heavy atom. The molecule has 0 saturated carbocycles. The zero-order valence-corrected chi connectivity index (χ0v) is 17.7. The highest BCUT2D eigenvalue weighted by atomic mass is 35.5. The topological polar surface area (TPSA) is 34.0 Å². The highest BCUT2D eigenvalue weighted by Crippen LogP contribution is 2.44. The van der Waals surface area contributed by atoms with Crippen LogP contribution in [-0.2, 0) is 0 Å². The average molecular weight is 424 g/mol. The minimum Gasteiger partial charge on any atom is -0.399 e. The lowest BCUT2D eigenvalue weighted by Crippen LogP contribution is -2.51. The van der Waals surface area contributed by atoms with Gasteiger partial charge in [0.25, 0.3) is 0 Å². The Morgan fingerprint density at radius 2 is 1.64 bits per heavy atom. The third kappa shape index (κ3) is 3.09. The van der Waals surface area contributed by atoms with Crippen molar-refractivity contribution in [1.29, 1.82) is 0 Å². The van der Waals surface area contributed by atoms with Crippen molar-refractivity contribution in [3.05, 3.63) is 70.2 Å². The number of nitrogens with zero attached hydrogens (tertiary/aromatic N) is 2. The monoisotopic (exact) mass is 423 g/mol. The molecule has 2 N–H and O–H groups in total. The molecule has 0 spiro atoms. The molecule has 0 unspecified atom stereocenters. The van der Waals surface area contributed by atoms with E-state index in [0.29, 0.717) is 28.5 Å². The minimum absolute atomic E-state index is 0.194. The number of fused-ring (bicyclic) bond motifs is 2. The highest BCUT2D eigenvalue weighted by Gasteiger charge is 2.55. The molecule has 2 aliphatic rings. The van der Waals surface area contributed by atoms with Crippen molar-refractivity contribution >= 4 is 47.1 Å². The number of hydrogen-bond acceptors (Lipinski definition) is 1. The van der Waals surface area contributed by atoms with Crippen molar-refractivity contribution in [1.82, 2.24) is 4.48 Å². The number of nitrogen functional groups attached to an aromatic ring is 1. The van der Waals surface area contributed by atoms with E-state index in [1.807, 2.05) is 50.3 Å². The lowest BCUT2D eigenvalue weighted by atomic mass is 9.84. The molecule has 2 aliphatic heterocycles. The van der Waals surface area contributed by atoms with Crippen molar-refractivity contribution in [3.8, 4) is 0 Å². The molecule has 0 fully saturated rings. The van der Waals surface area contributed by atoms with Crippen LogP contribution >= 0.6 is 23.2 Å². The molecule has 2 aromatic rings. The van der Waals surface area contributed by atoms with E-state index < -0.39 is 6.97 Å². The fourth-order valence-corrected chi connectivity index (χ4v) is 4.22. The lowest BCUT2D eigenvalue weighted by molar-refractivity contribution is -0.363. The third-order valence-corrected chi connectivity index (χ3v) is 5.13. The van der Waals surface area contributed by atoms with Crippen molar-refractivity contribution < 1.29 is 13.1 Å². The summed E-state index contributed by atoms with van der Waals surface area (Å²) in [6, 6.07) is 9.26. The Hall–Kier alpha value is -2.05. The van der Waals surface area contributed by atoms with Gasteiger partial charge in [0.1, 0.15) is 5.71 Å². The molecule has 0 saturated heterocycles. The molecule has 1 aromatic carbocycles. The summed E-state index contributed by atoms with van der Waals surface area (Å²) in [6.45, 7) is 3.34. The number of nitrogens with two attached hydrogens (primary N) is 1. The van der Waals surface area contributed by atoms with Crippen molar-refractivity contribution in [2.45, 2.75) is 27.7 Å². The van der Waals surface area contributed by atoms with Crippen LogP contribution in [0.3, 0.4) is 0 Å². The van der Waals surface area contributed by atoms with Crippen LogP contribution in [0, 0.1) is 13.8 Å². The SMILES string of the molecule is CC1=CC(C)=[N+]2C1=C(c1ccc(N)cc1)c1c(C)cc(C)n1[B-]2(F)F.ClCCl. The Bertz CT molecular complexity index is 1030. The van der Waals surface area contributed by atoms with Crippen LogP contribution in [0.1, 0.15) is 36.4 Å². The second kappa shape index (κ2) is 7.41. The predicted molar refractivity (Wildman–Crippen MR) is 115 cm³/mol. The zero-order valence-electron chi connectivity index (χ0n) is 16.2. The summed E-state index contributed by atoms with van der Waals surface area (Å²) in [5, 5.41) is 0.194. The Labute approximate surface area is 173 Å². The van der Waals surface area contributed by atoms with E-state index in [-0.39, 0.29) is 5.34 Å². The van der Waals surface area contributed by atoms with Gasteiger partial charge in [-0.15, -0.1) is 23.2 Å². The summed E-state index contributed by atoms with van der Waals surface area (Å²) in [7, 11) is 0. The predicted octanol–water partition coefficient (Wildman–Crippen LogP) is 5.54. The maximum atomic E-state index is 15.4. The lowest BCUT2D eigenvalue weighted by Gasteiger charge is -2.34. The number of aryl methyl sites for hydroxylation is 2. The molecule has 3 heterocycles. The van der Waals surface area contributed by atoms with Crippen molar-refractivity contribution in [2.24, 2.45) is 0 Å². The normalized spacial score (nSPS) is 17.1. The first kappa shape index (κ1) is 20.7. The van der Waals surface area contributed by atoms with Crippen LogP contribution in [-0.4, -0.2) is 27.0 Å². The number of halogens is 4. The number of benzene rings is 1. The number of hydrogen-bond donors (Lipinski definition) is 1. The molecule has 8 heteroatoms. The molecule has 0 aliphatic carbocycles. The molecule has 0 atom stereocenters. The van der Waals surface area contributed by atoms with E-state index >= 15 is 8.63 Å². The molecular formula is C20H22BCl2F2N3. The van der Waals surface area contributed by atoms with Gasteiger partial charge in [0.2, 0.25) is 0 Å². The van der Waals surface area contributed by atoms with Crippen LogP contribution in [0.4, 0.5) is 14.3 Å². The Kier molecular flexibility index (Phi) is 5.48. The molecule has 148 valence electrons. The van der Waals surface area contributed by atoms with E-state index in [2.05, 4.69) is 0 Å². The molecule has 0 radical (unpaired) electrons. The van der Waals surface area contributed by atoms with Gasteiger partial charge in [0.05, 0.1) is 10.9 Å². The Morgan fingerprint density at radius 3 is 2.21 bits per heavy atom. The first-order valence-electron chi connectivity index (χ1n) is 8.90. The van der Waals surface area contributed by atoms with Gasteiger partial charge in [-0.2, -0.15) is 0 Å². The van der Waals surface area contributed by atoms with Gasteiger partial charge in [-0.25, -0.2) is 0 Å². The number of allylic oxidation sites excluding steroid dienone is 2. The summed E-state index contributed by atoms with van der Waals surface area (Å²) >= 11 is 9.53. The number of alkyl halides is 2. The minimum atomic E-state index is -3.92. The van der Waals surface area contributed by atoms with E-state index in [4.69, 9.17) is 28.9 Å². The molecule has 1 aromatic heterocycles. The summed E-state index contributed by atoms with van der Waals surface area (Å²) in [4.78, 5) is 0. The van der Waals surface area contributed by atoms with Crippen LogP contribution < -0.4 is 5.73 Å². The van der Waals surface area contributed by atoms with Gasteiger partial charge >= 0.3 is 6.97 Å². The van der Waals surface area contributed by atoms with Crippen LogP contribution in [0.15, 0.2) is 47.7 Å². The standard InChI is InChI=1S/C19H20BF2N3.CH2Cl2/c1-11-9-13(3)24-18(11)17(15-5-7-16(23)8-6-15)19-12(2)10-14(4)25(19)20(24,21)22;2-1-3/h5-10H,23H2,1-4H3;1H2. The maximum Gasteiger partial charge on any atom is 0.737 e. The molecule has 4 rings (SSSR count). The van der Waals surface area contributed by atoms with Crippen LogP contribution in [0.25, 0.3) is 5.57 Å². The third-order valence-electron chi connectivity index (χ3n) is 5.13. The molecule has 0 bridgehead atoms. The van der Waals surface area contributed by atoms with E-state index in [1.165, 1.54) is 8.96 Å². The number of rotatable bonds is 1. The van der Waals surface area contributed by atoms with Gasteiger partial charge in [-0.1, -0.05) is 12.1 Å². The quantitative estimate of drug-likeness (QED) is 0.364.